The van der Waals surface area contributed by atoms with Gasteiger partial charge >= 0.3 is 0 Å². The lowest BCUT2D eigenvalue weighted by Gasteiger charge is -2.05. The van der Waals surface area contributed by atoms with E-state index in [9.17, 15) is 4.39 Å². The molecule has 2 aromatic rings. The van der Waals surface area contributed by atoms with Crippen molar-refractivity contribution in [3.8, 4) is 11.1 Å². The number of hydrogen-bond acceptors (Lipinski definition) is 2. The van der Waals surface area contributed by atoms with E-state index in [2.05, 4.69) is 5.10 Å². The fourth-order valence-electron chi connectivity index (χ4n) is 2.09. The molecule has 0 fully saturated rings. The van der Waals surface area contributed by atoms with Crippen LogP contribution in [0.1, 0.15) is 11.4 Å². The summed E-state index contributed by atoms with van der Waals surface area (Å²) >= 11 is 0. The van der Waals surface area contributed by atoms with Crippen molar-refractivity contribution in [3.05, 3.63) is 41.5 Å². The van der Waals surface area contributed by atoms with Crippen molar-refractivity contribution >= 4 is 0 Å². The smallest absolute Gasteiger partial charge is 0.131 e. The minimum absolute atomic E-state index is 0.217. The Morgan fingerprint density at radius 1 is 1.29 bits per heavy atom. The van der Waals surface area contributed by atoms with E-state index < -0.39 is 0 Å². The third kappa shape index (κ3) is 2.08. The van der Waals surface area contributed by atoms with Crippen LogP contribution >= 0.6 is 0 Å². The van der Waals surface area contributed by atoms with Crippen molar-refractivity contribution in [1.29, 1.82) is 0 Å². The summed E-state index contributed by atoms with van der Waals surface area (Å²) in [6, 6.07) is 6.76. The van der Waals surface area contributed by atoms with Crippen LogP contribution in [0.2, 0.25) is 0 Å². The van der Waals surface area contributed by atoms with Crippen LogP contribution in [-0.2, 0) is 6.54 Å². The Kier molecular flexibility index (Phi) is 3.24. The molecule has 0 amide bonds. The molecule has 90 valence electrons. The van der Waals surface area contributed by atoms with Gasteiger partial charge in [-0.1, -0.05) is 18.2 Å². The number of aromatic nitrogens is 2. The summed E-state index contributed by atoms with van der Waals surface area (Å²) in [6.45, 7) is 5.01. The van der Waals surface area contributed by atoms with Gasteiger partial charge in [0.1, 0.15) is 5.82 Å². The standard InChI is InChI=1S/C13H16FN3/c1-9-13(10(2)17(16-9)8-7-15)11-5-3-4-6-12(11)14/h3-6H,7-8,15H2,1-2H3. The Hall–Kier alpha value is -1.68. The fourth-order valence-corrected chi connectivity index (χ4v) is 2.09. The lowest BCUT2D eigenvalue weighted by molar-refractivity contribution is 0.603. The highest BCUT2D eigenvalue weighted by atomic mass is 19.1. The lowest BCUT2D eigenvalue weighted by Crippen LogP contribution is -2.12. The van der Waals surface area contributed by atoms with Gasteiger partial charge < -0.3 is 5.73 Å². The second-order valence-corrected chi connectivity index (χ2v) is 4.04. The predicted octanol–water partition coefficient (Wildman–Crippen LogP) is 2.26. The number of halogens is 1. The maximum absolute atomic E-state index is 13.8. The van der Waals surface area contributed by atoms with Crippen LogP contribution in [0.3, 0.4) is 0 Å². The van der Waals surface area contributed by atoms with Gasteiger partial charge in [-0.2, -0.15) is 5.10 Å². The number of hydrogen-bond donors (Lipinski definition) is 1. The molecule has 0 aliphatic carbocycles. The van der Waals surface area contributed by atoms with Crippen LogP contribution in [0.5, 0.6) is 0 Å². The first-order valence-corrected chi connectivity index (χ1v) is 5.64. The molecule has 0 unspecified atom stereocenters. The monoisotopic (exact) mass is 233 g/mol. The van der Waals surface area contributed by atoms with Crippen molar-refractivity contribution in [2.45, 2.75) is 20.4 Å². The van der Waals surface area contributed by atoms with Gasteiger partial charge in [-0.05, 0) is 19.9 Å². The first kappa shape index (κ1) is 11.8. The molecule has 1 heterocycles. The largest absolute Gasteiger partial charge is 0.329 e. The maximum atomic E-state index is 13.8. The predicted molar refractivity (Wildman–Crippen MR) is 66.1 cm³/mol. The van der Waals surface area contributed by atoms with Crippen molar-refractivity contribution in [3.63, 3.8) is 0 Å². The summed E-state index contributed by atoms with van der Waals surface area (Å²) in [5.74, 6) is -0.217. The minimum Gasteiger partial charge on any atom is -0.329 e. The maximum Gasteiger partial charge on any atom is 0.131 e. The topological polar surface area (TPSA) is 43.8 Å². The molecule has 4 heteroatoms. The molecular formula is C13H16FN3. The van der Waals surface area contributed by atoms with Gasteiger partial charge in [-0.25, -0.2) is 4.39 Å². The fraction of sp³-hybridized carbons (Fsp3) is 0.308. The van der Waals surface area contributed by atoms with E-state index in [4.69, 9.17) is 5.73 Å². The Morgan fingerprint density at radius 3 is 2.65 bits per heavy atom. The summed E-state index contributed by atoms with van der Waals surface area (Å²) in [5, 5.41) is 4.39. The summed E-state index contributed by atoms with van der Waals surface area (Å²) in [6.07, 6.45) is 0. The van der Waals surface area contributed by atoms with Crippen molar-refractivity contribution < 1.29 is 4.39 Å². The Morgan fingerprint density at radius 2 is 2.00 bits per heavy atom. The zero-order chi connectivity index (χ0) is 12.4. The molecule has 0 saturated heterocycles. The van der Waals surface area contributed by atoms with Crippen LogP contribution in [-0.4, -0.2) is 16.3 Å². The third-order valence-corrected chi connectivity index (χ3v) is 2.87. The highest BCUT2D eigenvalue weighted by Gasteiger charge is 2.15. The molecule has 0 radical (unpaired) electrons. The van der Waals surface area contributed by atoms with E-state index in [1.807, 2.05) is 24.6 Å². The molecule has 0 aliphatic heterocycles. The van der Waals surface area contributed by atoms with Crippen LogP contribution < -0.4 is 5.73 Å². The van der Waals surface area contributed by atoms with Crippen LogP contribution in [0, 0.1) is 19.7 Å². The van der Waals surface area contributed by atoms with Gasteiger partial charge in [-0.15, -0.1) is 0 Å². The molecule has 0 aliphatic rings. The van der Waals surface area contributed by atoms with Gasteiger partial charge in [-0.3, -0.25) is 4.68 Å². The van der Waals surface area contributed by atoms with Crippen molar-refractivity contribution in [1.82, 2.24) is 9.78 Å². The molecule has 0 spiro atoms. The summed E-state index contributed by atoms with van der Waals surface area (Å²) < 4.78 is 15.6. The van der Waals surface area contributed by atoms with Gasteiger partial charge in [0, 0.05) is 23.4 Å². The molecule has 3 nitrogen and oxygen atoms in total. The van der Waals surface area contributed by atoms with Gasteiger partial charge in [0.2, 0.25) is 0 Å². The van der Waals surface area contributed by atoms with E-state index in [1.54, 1.807) is 12.1 Å². The van der Waals surface area contributed by atoms with Crippen LogP contribution in [0.15, 0.2) is 24.3 Å². The number of nitrogens with two attached hydrogens (primary N) is 1. The molecule has 2 N–H and O–H groups in total. The lowest BCUT2D eigenvalue weighted by atomic mass is 10.0. The highest BCUT2D eigenvalue weighted by molar-refractivity contribution is 5.68. The normalized spacial score (nSPS) is 10.8. The van der Waals surface area contributed by atoms with E-state index >= 15 is 0 Å². The van der Waals surface area contributed by atoms with Crippen molar-refractivity contribution in [2.24, 2.45) is 5.73 Å². The van der Waals surface area contributed by atoms with Gasteiger partial charge in [0.15, 0.2) is 0 Å². The van der Waals surface area contributed by atoms with Crippen LogP contribution in [0.25, 0.3) is 11.1 Å². The average Bonchev–Trinajstić information content (AvgIpc) is 2.57. The van der Waals surface area contributed by atoms with Gasteiger partial charge in [0.25, 0.3) is 0 Å². The third-order valence-electron chi connectivity index (χ3n) is 2.87. The van der Waals surface area contributed by atoms with E-state index in [0.717, 1.165) is 17.0 Å². The molecule has 1 aromatic heterocycles. The minimum atomic E-state index is -0.217. The highest BCUT2D eigenvalue weighted by Crippen LogP contribution is 2.28. The number of aryl methyl sites for hydroxylation is 1. The molecule has 0 saturated carbocycles. The molecule has 0 atom stereocenters. The van der Waals surface area contributed by atoms with Crippen molar-refractivity contribution in [2.75, 3.05) is 6.54 Å². The number of rotatable bonds is 3. The quantitative estimate of drug-likeness (QED) is 0.883. The first-order valence-electron chi connectivity index (χ1n) is 5.64. The van der Waals surface area contributed by atoms with E-state index in [-0.39, 0.29) is 5.82 Å². The van der Waals surface area contributed by atoms with Crippen LogP contribution in [0.4, 0.5) is 4.39 Å². The first-order chi connectivity index (χ1) is 8.15. The molecule has 1 aromatic carbocycles. The molecule has 0 bridgehead atoms. The Labute approximate surface area is 100 Å². The number of nitrogens with zero attached hydrogens (tertiary/aromatic N) is 2. The summed E-state index contributed by atoms with van der Waals surface area (Å²) in [5.41, 5.74) is 8.79. The van der Waals surface area contributed by atoms with E-state index in [0.29, 0.717) is 18.7 Å². The summed E-state index contributed by atoms with van der Waals surface area (Å²) in [4.78, 5) is 0. The second-order valence-electron chi connectivity index (χ2n) is 4.04. The molecular weight excluding hydrogens is 217 g/mol. The summed E-state index contributed by atoms with van der Waals surface area (Å²) in [7, 11) is 0. The Bertz CT molecular complexity index is 531. The Balaban J connectivity index is 2.56. The van der Waals surface area contributed by atoms with E-state index in [1.165, 1.54) is 6.07 Å². The SMILES string of the molecule is Cc1nn(CCN)c(C)c1-c1ccccc1F. The number of benzene rings is 1. The second kappa shape index (κ2) is 4.67. The molecule has 2 rings (SSSR count). The molecule has 17 heavy (non-hydrogen) atoms. The van der Waals surface area contributed by atoms with Gasteiger partial charge in [0.05, 0.1) is 12.2 Å². The zero-order valence-electron chi connectivity index (χ0n) is 10.1. The zero-order valence-corrected chi connectivity index (χ0v) is 10.1. The average molecular weight is 233 g/mol.